The zero-order valence-electron chi connectivity index (χ0n) is 7.21. The van der Waals surface area contributed by atoms with E-state index in [9.17, 15) is 22.8 Å². The Morgan fingerprint density at radius 1 is 1.33 bits per heavy atom. The second-order valence-electron chi connectivity index (χ2n) is 2.50. The maximum absolute atomic E-state index is 11.8. The van der Waals surface area contributed by atoms with Gasteiger partial charge in [-0.25, -0.2) is 0 Å². The molecule has 0 unspecified atom stereocenters. The van der Waals surface area contributed by atoms with Crippen LogP contribution in [0.3, 0.4) is 0 Å². The van der Waals surface area contributed by atoms with Crippen LogP contribution < -0.4 is 0 Å². The van der Waals surface area contributed by atoms with E-state index >= 15 is 0 Å². The van der Waals surface area contributed by atoms with E-state index in [2.05, 4.69) is 0 Å². The van der Waals surface area contributed by atoms with Crippen molar-refractivity contribution in [3.63, 3.8) is 0 Å². The minimum Gasteiger partial charge on any atom is -0.293 e. The molecule has 0 bridgehead atoms. The number of halogens is 3. The monoisotopic (exact) mass is 320 g/mol. The normalized spacial score (nSPS) is 10.6. The van der Waals surface area contributed by atoms with Gasteiger partial charge in [0.05, 0.1) is 11.3 Å². The van der Waals surface area contributed by atoms with Gasteiger partial charge >= 0.3 is 6.18 Å². The van der Waals surface area contributed by atoms with Crippen molar-refractivity contribution in [3.8, 4) is 0 Å². The summed E-state index contributed by atoms with van der Waals surface area (Å²) >= 11 is 1.01. The fraction of sp³-hybridized carbons (Fsp3) is 0.250. The largest absolute Gasteiger partial charge is 0.450 e. The second kappa shape index (κ2) is 5.56. The number of hydrogen-bond acceptors (Lipinski definition) is 3. The van der Waals surface area contributed by atoms with Crippen molar-refractivity contribution in [2.24, 2.45) is 0 Å². The first-order valence-electron chi connectivity index (χ1n) is 3.58. The summed E-state index contributed by atoms with van der Waals surface area (Å²) in [4.78, 5) is 21.7. The van der Waals surface area contributed by atoms with Crippen molar-refractivity contribution in [3.05, 3.63) is 22.4 Å². The Hall–Kier alpha value is -0.482. The minimum absolute atomic E-state index is 0. The Morgan fingerprint density at radius 3 is 2.33 bits per heavy atom. The van der Waals surface area contributed by atoms with Crippen LogP contribution in [0.1, 0.15) is 16.1 Å². The van der Waals surface area contributed by atoms with E-state index in [-0.39, 0.29) is 25.9 Å². The third kappa shape index (κ3) is 4.26. The number of rotatable bonds is 3. The number of hydrogen-bond donors (Lipinski definition) is 0. The molecule has 0 aromatic carbocycles. The van der Waals surface area contributed by atoms with Gasteiger partial charge in [-0.2, -0.15) is 13.2 Å². The molecule has 82 valence electrons. The van der Waals surface area contributed by atoms with Gasteiger partial charge in [0.15, 0.2) is 5.78 Å². The molecular formula is C8H5F3MoO2S. The Morgan fingerprint density at radius 2 is 1.93 bits per heavy atom. The van der Waals surface area contributed by atoms with Gasteiger partial charge in [-0.3, -0.25) is 9.59 Å². The summed E-state index contributed by atoms with van der Waals surface area (Å²) < 4.78 is 35.3. The molecule has 0 radical (unpaired) electrons. The summed E-state index contributed by atoms with van der Waals surface area (Å²) in [5, 5.41) is 1.56. The first kappa shape index (κ1) is 14.5. The van der Waals surface area contributed by atoms with Gasteiger partial charge in [0.1, 0.15) is 0 Å². The number of Topliss-reactive ketones (excluding diaryl/α,β-unsaturated/α-hetero) is 2. The van der Waals surface area contributed by atoms with Crippen LogP contribution >= 0.6 is 11.3 Å². The Bertz CT molecular complexity index is 345. The van der Waals surface area contributed by atoms with Crippen molar-refractivity contribution in [2.45, 2.75) is 12.6 Å². The molecule has 1 aromatic heterocycles. The number of carbonyl (C=O) groups is 2. The fourth-order valence-corrected chi connectivity index (χ4v) is 1.43. The van der Waals surface area contributed by atoms with E-state index in [1.54, 1.807) is 5.38 Å². The summed E-state index contributed by atoms with van der Waals surface area (Å²) in [6.45, 7) is 0. The van der Waals surface area contributed by atoms with Crippen LogP contribution in [0.2, 0.25) is 0 Å². The molecule has 0 amide bonds. The molecule has 1 aromatic rings. The van der Waals surface area contributed by atoms with Gasteiger partial charge in [-0.15, -0.1) is 11.3 Å². The van der Waals surface area contributed by atoms with Gasteiger partial charge in [0.25, 0.3) is 0 Å². The molecular weight excluding hydrogens is 313 g/mol. The smallest absolute Gasteiger partial charge is 0.293 e. The van der Waals surface area contributed by atoms with Crippen LogP contribution in [0.25, 0.3) is 0 Å². The maximum atomic E-state index is 11.8. The number of carbonyl (C=O) groups excluding carboxylic acids is 2. The summed E-state index contributed by atoms with van der Waals surface area (Å²) in [6, 6.07) is 2.92. The van der Waals surface area contributed by atoms with Crippen molar-refractivity contribution < 1.29 is 43.8 Å². The molecule has 0 aliphatic carbocycles. The van der Waals surface area contributed by atoms with Crippen molar-refractivity contribution in [2.75, 3.05) is 0 Å². The van der Waals surface area contributed by atoms with E-state index in [1.807, 2.05) is 0 Å². The van der Waals surface area contributed by atoms with Crippen LogP contribution in [0.15, 0.2) is 17.5 Å². The average molecular weight is 318 g/mol. The third-order valence-corrected chi connectivity index (χ3v) is 2.34. The molecule has 0 spiro atoms. The van der Waals surface area contributed by atoms with E-state index in [0.29, 0.717) is 0 Å². The van der Waals surface area contributed by atoms with Crippen LogP contribution in [0.5, 0.6) is 0 Å². The molecule has 0 saturated carbocycles. The topological polar surface area (TPSA) is 34.1 Å². The van der Waals surface area contributed by atoms with Gasteiger partial charge in [-0.05, 0) is 11.4 Å². The number of ketones is 2. The van der Waals surface area contributed by atoms with Crippen molar-refractivity contribution in [1.82, 2.24) is 0 Å². The van der Waals surface area contributed by atoms with Gasteiger partial charge < -0.3 is 0 Å². The van der Waals surface area contributed by atoms with Crippen LogP contribution in [-0.4, -0.2) is 17.7 Å². The molecule has 0 N–H and O–H groups in total. The van der Waals surface area contributed by atoms with Crippen molar-refractivity contribution >= 4 is 22.9 Å². The quantitative estimate of drug-likeness (QED) is 0.487. The maximum Gasteiger partial charge on any atom is 0.450 e. The van der Waals surface area contributed by atoms with Crippen LogP contribution in [0.4, 0.5) is 13.2 Å². The molecule has 7 heteroatoms. The zero-order valence-corrected chi connectivity index (χ0v) is 10.0. The zero-order chi connectivity index (χ0) is 10.8. The average Bonchev–Trinajstić information content (AvgIpc) is 2.53. The van der Waals surface area contributed by atoms with Crippen molar-refractivity contribution in [1.29, 1.82) is 0 Å². The summed E-state index contributed by atoms with van der Waals surface area (Å²) in [5.74, 6) is -2.79. The third-order valence-electron chi connectivity index (χ3n) is 1.43. The van der Waals surface area contributed by atoms with Crippen LogP contribution in [0, 0.1) is 0 Å². The predicted molar refractivity (Wildman–Crippen MR) is 44.3 cm³/mol. The number of alkyl halides is 3. The SMILES string of the molecule is O=C(CC(=O)C(F)(F)F)c1cccs1.[Mo]. The molecule has 0 aliphatic rings. The number of thiophene rings is 1. The molecule has 1 heterocycles. The van der Waals surface area contributed by atoms with Gasteiger partial charge in [0, 0.05) is 21.1 Å². The van der Waals surface area contributed by atoms with E-state index in [1.165, 1.54) is 12.1 Å². The molecule has 15 heavy (non-hydrogen) atoms. The summed E-state index contributed by atoms with van der Waals surface area (Å²) in [6.07, 6.45) is -6.03. The Kier molecular flexibility index (Phi) is 5.38. The molecule has 0 aliphatic heterocycles. The van der Waals surface area contributed by atoms with E-state index in [4.69, 9.17) is 0 Å². The Labute approximate surface area is 102 Å². The summed E-state index contributed by atoms with van der Waals surface area (Å²) in [5.41, 5.74) is 0. The van der Waals surface area contributed by atoms with E-state index < -0.39 is 24.2 Å². The fourth-order valence-electron chi connectivity index (χ4n) is 0.770. The summed E-state index contributed by atoms with van der Waals surface area (Å²) in [7, 11) is 0. The first-order chi connectivity index (χ1) is 6.41. The molecule has 1 rings (SSSR count). The molecule has 0 atom stereocenters. The first-order valence-corrected chi connectivity index (χ1v) is 4.46. The molecule has 0 fully saturated rings. The van der Waals surface area contributed by atoms with Gasteiger partial charge in [0.2, 0.25) is 5.78 Å². The second-order valence-corrected chi connectivity index (χ2v) is 3.45. The standard InChI is InChI=1S/C8H5F3O2S.Mo/c9-8(10,11)7(13)4-5(12)6-2-1-3-14-6;/h1-3H,4H2;. The van der Waals surface area contributed by atoms with Crippen LogP contribution in [-0.2, 0) is 25.9 Å². The molecule has 0 saturated heterocycles. The predicted octanol–water partition coefficient (Wildman–Crippen LogP) is 2.45. The van der Waals surface area contributed by atoms with E-state index in [0.717, 1.165) is 11.3 Å². The molecule has 2 nitrogen and oxygen atoms in total. The Balaban J connectivity index is 0.00000196. The van der Waals surface area contributed by atoms with Gasteiger partial charge in [-0.1, -0.05) is 6.07 Å². The minimum atomic E-state index is -4.92.